The van der Waals surface area contributed by atoms with Crippen LogP contribution in [0.25, 0.3) is 0 Å². The van der Waals surface area contributed by atoms with Gasteiger partial charge < -0.3 is 10.4 Å². The zero-order valence-electron chi connectivity index (χ0n) is 7.63. The number of hydrogen-bond acceptors (Lipinski definition) is 2. The van der Waals surface area contributed by atoms with Crippen molar-refractivity contribution >= 4 is 11.9 Å². The lowest BCUT2D eigenvalue weighted by Crippen LogP contribution is -2.34. The van der Waals surface area contributed by atoms with Crippen LogP contribution in [0, 0.1) is 11.8 Å². The lowest BCUT2D eigenvalue weighted by atomic mass is 9.95. The molecule has 0 spiro atoms. The minimum Gasteiger partial charge on any atom is -0.481 e. The molecule has 2 atom stereocenters. The average Bonchev–Trinajstić information content (AvgIpc) is 2.02. The predicted molar refractivity (Wildman–Crippen MR) is 44.6 cm³/mol. The third-order valence-electron chi connectivity index (χ3n) is 1.90. The van der Waals surface area contributed by atoms with Crippen LogP contribution in [0.2, 0.25) is 0 Å². The monoisotopic (exact) mass is 173 g/mol. The molecule has 1 amide bonds. The molecule has 0 saturated heterocycles. The molecule has 4 heteroatoms. The molecule has 0 aliphatic heterocycles. The number of hydrogen-bond donors (Lipinski definition) is 2. The van der Waals surface area contributed by atoms with Crippen molar-refractivity contribution in [3.05, 3.63) is 0 Å². The van der Waals surface area contributed by atoms with E-state index in [-0.39, 0.29) is 5.91 Å². The van der Waals surface area contributed by atoms with E-state index in [9.17, 15) is 9.59 Å². The van der Waals surface area contributed by atoms with Gasteiger partial charge in [-0.3, -0.25) is 9.59 Å². The number of carbonyl (C=O) groups is 2. The van der Waals surface area contributed by atoms with Crippen molar-refractivity contribution in [3.63, 3.8) is 0 Å². The Hall–Kier alpha value is -1.06. The number of carbonyl (C=O) groups excluding carboxylic acids is 1. The van der Waals surface area contributed by atoms with Gasteiger partial charge in [-0.2, -0.15) is 0 Å². The highest BCUT2D eigenvalue weighted by Crippen LogP contribution is 2.10. The zero-order chi connectivity index (χ0) is 9.72. The maximum Gasteiger partial charge on any atom is 0.307 e. The molecule has 0 aromatic carbocycles. The summed E-state index contributed by atoms with van der Waals surface area (Å²) >= 11 is 0. The van der Waals surface area contributed by atoms with Crippen molar-refractivity contribution in [2.75, 3.05) is 6.54 Å². The van der Waals surface area contributed by atoms with E-state index >= 15 is 0 Å². The van der Waals surface area contributed by atoms with Gasteiger partial charge in [0.2, 0.25) is 5.91 Å². The van der Waals surface area contributed by atoms with Gasteiger partial charge in [-0.1, -0.05) is 13.8 Å². The van der Waals surface area contributed by atoms with E-state index in [1.807, 2.05) is 0 Å². The van der Waals surface area contributed by atoms with Gasteiger partial charge in [0.25, 0.3) is 0 Å². The summed E-state index contributed by atoms with van der Waals surface area (Å²) in [6.45, 7) is 5.48. The highest BCUT2D eigenvalue weighted by atomic mass is 16.4. The number of carboxylic acids is 1. The van der Waals surface area contributed by atoms with Gasteiger partial charge in [0, 0.05) is 12.5 Å². The molecule has 12 heavy (non-hydrogen) atoms. The van der Waals surface area contributed by atoms with Gasteiger partial charge in [0.15, 0.2) is 0 Å². The second kappa shape index (κ2) is 4.74. The third-order valence-corrected chi connectivity index (χ3v) is 1.90. The zero-order valence-corrected chi connectivity index (χ0v) is 7.63. The van der Waals surface area contributed by atoms with Crippen LogP contribution in [0.15, 0.2) is 0 Å². The lowest BCUT2D eigenvalue weighted by Gasteiger charge is -2.14. The van der Waals surface area contributed by atoms with Crippen molar-refractivity contribution < 1.29 is 14.7 Å². The molecular weight excluding hydrogens is 158 g/mol. The molecule has 0 aromatic rings. The van der Waals surface area contributed by atoms with Crippen molar-refractivity contribution in [2.45, 2.75) is 20.8 Å². The Kier molecular flexibility index (Phi) is 4.33. The second-order valence-corrected chi connectivity index (χ2v) is 2.81. The van der Waals surface area contributed by atoms with Crippen LogP contribution in [0.4, 0.5) is 0 Å². The third kappa shape index (κ3) is 2.90. The number of carboxylic acid groups (broad SMARTS) is 1. The van der Waals surface area contributed by atoms with Crippen LogP contribution in [0.5, 0.6) is 0 Å². The molecule has 0 fully saturated rings. The van der Waals surface area contributed by atoms with Gasteiger partial charge in [-0.15, -0.1) is 0 Å². The highest BCUT2D eigenvalue weighted by Gasteiger charge is 2.24. The Labute approximate surface area is 72.0 Å². The smallest absolute Gasteiger partial charge is 0.307 e. The molecule has 0 saturated carbocycles. The first-order valence-electron chi connectivity index (χ1n) is 4.01. The maximum atomic E-state index is 11.1. The van der Waals surface area contributed by atoms with Crippen LogP contribution in [0.3, 0.4) is 0 Å². The minimum absolute atomic E-state index is 0.201. The number of nitrogens with one attached hydrogen (secondary N) is 1. The van der Waals surface area contributed by atoms with Crippen LogP contribution >= 0.6 is 0 Å². The summed E-state index contributed by atoms with van der Waals surface area (Å²) in [5, 5.41) is 11.2. The SMILES string of the molecule is CCNC(=O)C(C)C(C)C(=O)O. The van der Waals surface area contributed by atoms with E-state index < -0.39 is 17.8 Å². The molecule has 0 aliphatic rings. The Morgan fingerprint density at radius 3 is 2.17 bits per heavy atom. The molecular formula is C8H15NO3. The fourth-order valence-electron chi connectivity index (χ4n) is 0.776. The van der Waals surface area contributed by atoms with Crippen LogP contribution < -0.4 is 5.32 Å². The predicted octanol–water partition coefficient (Wildman–Crippen LogP) is 0.479. The fourth-order valence-corrected chi connectivity index (χ4v) is 0.776. The van der Waals surface area contributed by atoms with Crippen molar-refractivity contribution in [2.24, 2.45) is 11.8 Å². The van der Waals surface area contributed by atoms with Crippen LogP contribution in [-0.2, 0) is 9.59 Å². The van der Waals surface area contributed by atoms with Gasteiger partial charge in [-0.25, -0.2) is 0 Å². The van der Waals surface area contributed by atoms with Crippen LogP contribution in [-0.4, -0.2) is 23.5 Å². The Bertz CT molecular complexity index is 179. The van der Waals surface area contributed by atoms with Gasteiger partial charge in [0.05, 0.1) is 5.92 Å². The largest absolute Gasteiger partial charge is 0.481 e. The fraction of sp³-hybridized carbons (Fsp3) is 0.750. The molecule has 0 rings (SSSR count). The van der Waals surface area contributed by atoms with Crippen molar-refractivity contribution in [1.29, 1.82) is 0 Å². The Balaban J connectivity index is 4.09. The topological polar surface area (TPSA) is 66.4 Å². The average molecular weight is 173 g/mol. The molecule has 70 valence electrons. The minimum atomic E-state index is -0.936. The van der Waals surface area contributed by atoms with Gasteiger partial charge in [-0.05, 0) is 6.92 Å². The molecule has 2 unspecified atom stereocenters. The highest BCUT2D eigenvalue weighted by molar-refractivity contribution is 5.84. The number of rotatable bonds is 4. The normalized spacial score (nSPS) is 14.9. The molecule has 2 N–H and O–H groups in total. The van der Waals surface area contributed by atoms with E-state index in [0.29, 0.717) is 6.54 Å². The molecule has 0 bridgehead atoms. The van der Waals surface area contributed by atoms with E-state index in [1.54, 1.807) is 13.8 Å². The summed E-state index contributed by atoms with van der Waals surface area (Å²) in [4.78, 5) is 21.6. The first-order chi connectivity index (χ1) is 5.50. The molecule has 0 aliphatic carbocycles. The summed E-state index contributed by atoms with van der Waals surface area (Å²) in [6, 6.07) is 0. The van der Waals surface area contributed by atoms with Crippen molar-refractivity contribution in [3.8, 4) is 0 Å². The molecule has 0 heterocycles. The quantitative estimate of drug-likeness (QED) is 0.649. The standard InChI is InChI=1S/C8H15NO3/c1-4-9-7(10)5(2)6(3)8(11)12/h5-6H,4H2,1-3H3,(H,9,10)(H,11,12). The van der Waals surface area contributed by atoms with E-state index in [0.717, 1.165) is 0 Å². The summed E-state index contributed by atoms with van der Waals surface area (Å²) in [5.41, 5.74) is 0. The summed E-state index contributed by atoms with van der Waals surface area (Å²) < 4.78 is 0. The van der Waals surface area contributed by atoms with Gasteiger partial charge >= 0.3 is 5.97 Å². The molecule has 0 radical (unpaired) electrons. The number of amides is 1. The summed E-state index contributed by atoms with van der Waals surface area (Å²) in [6.07, 6.45) is 0. The first kappa shape index (κ1) is 10.9. The van der Waals surface area contributed by atoms with E-state index in [1.165, 1.54) is 6.92 Å². The van der Waals surface area contributed by atoms with Gasteiger partial charge in [0.1, 0.15) is 0 Å². The van der Waals surface area contributed by atoms with Crippen LogP contribution in [0.1, 0.15) is 20.8 Å². The molecule has 4 nitrogen and oxygen atoms in total. The Morgan fingerprint density at radius 1 is 1.33 bits per heavy atom. The second-order valence-electron chi connectivity index (χ2n) is 2.81. The number of aliphatic carboxylic acids is 1. The van der Waals surface area contributed by atoms with E-state index in [2.05, 4.69) is 5.32 Å². The Morgan fingerprint density at radius 2 is 1.83 bits per heavy atom. The maximum absolute atomic E-state index is 11.1. The first-order valence-corrected chi connectivity index (χ1v) is 4.01. The molecule has 0 aromatic heterocycles. The summed E-state index contributed by atoms with van der Waals surface area (Å²) in [7, 11) is 0. The summed E-state index contributed by atoms with van der Waals surface area (Å²) in [5.74, 6) is -2.24. The van der Waals surface area contributed by atoms with Crippen molar-refractivity contribution in [1.82, 2.24) is 5.32 Å². The lowest BCUT2D eigenvalue weighted by molar-refractivity contribution is -0.146. The van der Waals surface area contributed by atoms with E-state index in [4.69, 9.17) is 5.11 Å².